The van der Waals surface area contributed by atoms with Crippen LogP contribution in [0, 0.1) is 11.6 Å². The summed E-state index contributed by atoms with van der Waals surface area (Å²) in [6.07, 6.45) is -4.58. The maximum Gasteiger partial charge on any atom is 0.401 e. The third-order valence-corrected chi connectivity index (χ3v) is 2.06. The molecule has 1 atom stereocenters. The lowest BCUT2D eigenvalue weighted by Crippen LogP contribution is -2.39. The molecular formula is C10H9F5N2O. The average molecular weight is 268 g/mol. The van der Waals surface area contributed by atoms with Crippen molar-refractivity contribution in [1.82, 2.24) is 5.32 Å². The number of nitrogens with two attached hydrogens (primary N) is 1. The minimum Gasteiger partial charge on any atom is -0.368 e. The lowest BCUT2D eigenvalue weighted by Gasteiger charge is -2.17. The maximum absolute atomic E-state index is 13.3. The fourth-order valence-electron chi connectivity index (χ4n) is 1.32. The Morgan fingerprint density at radius 1 is 1.33 bits per heavy atom. The Labute approximate surface area is 98.8 Å². The Kier molecular flexibility index (Phi) is 4.23. The summed E-state index contributed by atoms with van der Waals surface area (Å²) in [5.41, 5.74) is 4.44. The molecule has 8 heteroatoms. The minimum atomic E-state index is -4.58. The van der Waals surface area contributed by atoms with Gasteiger partial charge in [0.2, 0.25) is 5.91 Å². The van der Waals surface area contributed by atoms with Gasteiger partial charge in [0.05, 0.1) is 6.54 Å². The summed E-state index contributed by atoms with van der Waals surface area (Å²) in [7, 11) is 0. The highest BCUT2D eigenvalue weighted by molar-refractivity contribution is 5.81. The molecule has 0 aliphatic carbocycles. The van der Waals surface area contributed by atoms with Gasteiger partial charge in [-0.2, -0.15) is 13.2 Å². The van der Waals surface area contributed by atoms with E-state index in [0.29, 0.717) is 6.07 Å². The van der Waals surface area contributed by atoms with Crippen molar-refractivity contribution in [2.45, 2.75) is 12.2 Å². The zero-order valence-electron chi connectivity index (χ0n) is 8.89. The van der Waals surface area contributed by atoms with Crippen molar-refractivity contribution in [3.05, 3.63) is 35.4 Å². The summed E-state index contributed by atoms with van der Waals surface area (Å²) < 4.78 is 61.9. The molecule has 100 valence electrons. The Balaban J connectivity index is 2.95. The molecule has 1 aromatic rings. The van der Waals surface area contributed by atoms with Crippen LogP contribution in [0.5, 0.6) is 0 Å². The third kappa shape index (κ3) is 3.95. The molecule has 0 fully saturated rings. The van der Waals surface area contributed by atoms with Crippen molar-refractivity contribution in [3.63, 3.8) is 0 Å². The van der Waals surface area contributed by atoms with Crippen LogP contribution in [0.4, 0.5) is 22.0 Å². The number of hydrogen-bond acceptors (Lipinski definition) is 2. The molecule has 0 aromatic heterocycles. The predicted octanol–water partition coefficient (Wildman–Crippen LogP) is 1.64. The molecule has 0 bridgehead atoms. The van der Waals surface area contributed by atoms with Crippen LogP contribution in [0.15, 0.2) is 18.2 Å². The van der Waals surface area contributed by atoms with Crippen molar-refractivity contribution in [2.75, 3.05) is 6.54 Å². The Bertz CT molecular complexity index is 446. The molecule has 0 aliphatic rings. The fourth-order valence-corrected chi connectivity index (χ4v) is 1.32. The lowest BCUT2D eigenvalue weighted by molar-refractivity contribution is -0.131. The topological polar surface area (TPSA) is 55.1 Å². The Morgan fingerprint density at radius 3 is 2.39 bits per heavy atom. The summed E-state index contributed by atoms with van der Waals surface area (Å²) in [4.78, 5) is 11.0. The van der Waals surface area contributed by atoms with Gasteiger partial charge < -0.3 is 5.73 Å². The second-order valence-electron chi connectivity index (χ2n) is 3.50. The Morgan fingerprint density at radius 2 is 1.94 bits per heavy atom. The molecule has 3 N–H and O–H groups in total. The molecule has 0 aliphatic heterocycles. The molecular weight excluding hydrogens is 259 g/mol. The smallest absolute Gasteiger partial charge is 0.368 e. The number of amides is 1. The van der Waals surface area contributed by atoms with Gasteiger partial charge in [0.15, 0.2) is 0 Å². The van der Waals surface area contributed by atoms with E-state index in [9.17, 15) is 26.7 Å². The van der Waals surface area contributed by atoms with Crippen LogP contribution in [0.3, 0.4) is 0 Å². The second kappa shape index (κ2) is 5.30. The van der Waals surface area contributed by atoms with Crippen LogP contribution >= 0.6 is 0 Å². The van der Waals surface area contributed by atoms with Crippen molar-refractivity contribution >= 4 is 5.91 Å². The average Bonchev–Trinajstić information content (AvgIpc) is 2.18. The fraction of sp³-hybridized carbons (Fsp3) is 0.300. The second-order valence-corrected chi connectivity index (χ2v) is 3.50. The van der Waals surface area contributed by atoms with Crippen molar-refractivity contribution in [3.8, 4) is 0 Å². The number of halogens is 5. The number of carbonyl (C=O) groups excluding carboxylic acids is 1. The van der Waals surface area contributed by atoms with Gasteiger partial charge in [-0.25, -0.2) is 8.78 Å². The molecule has 1 rings (SSSR count). The third-order valence-electron chi connectivity index (χ3n) is 2.06. The molecule has 18 heavy (non-hydrogen) atoms. The highest BCUT2D eigenvalue weighted by Gasteiger charge is 2.31. The van der Waals surface area contributed by atoms with Gasteiger partial charge in [0.25, 0.3) is 0 Å². The molecule has 1 unspecified atom stereocenters. The monoisotopic (exact) mass is 268 g/mol. The number of benzene rings is 1. The predicted molar refractivity (Wildman–Crippen MR) is 52.4 cm³/mol. The first-order valence-electron chi connectivity index (χ1n) is 4.75. The molecule has 1 amide bonds. The number of carbonyl (C=O) groups is 1. The zero-order valence-corrected chi connectivity index (χ0v) is 8.89. The van der Waals surface area contributed by atoms with E-state index in [1.807, 2.05) is 0 Å². The number of hydrogen-bond donors (Lipinski definition) is 2. The molecule has 0 heterocycles. The van der Waals surface area contributed by atoms with E-state index in [1.54, 1.807) is 5.32 Å². The first-order valence-corrected chi connectivity index (χ1v) is 4.75. The normalized spacial score (nSPS) is 13.4. The molecule has 0 spiro atoms. The largest absolute Gasteiger partial charge is 0.401 e. The van der Waals surface area contributed by atoms with Crippen LogP contribution in [-0.4, -0.2) is 18.6 Å². The van der Waals surface area contributed by atoms with Crippen LogP contribution in [0.25, 0.3) is 0 Å². The van der Waals surface area contributed by atoms with E-state index in [0.717, 1.165) is 12.1 Å². The van der Waals surface area contributed by atoms with E-state index in [-0.39, 0.29) is 0 Å². The van der Waals surface area contributed by atoms with E-state index >= 15 is 0 Å². The summed E-state index contributed by atoms with van der Waals surface area (Å²) in [5, 5.41) is 1.77. The molecule has 1 aromatic carbocycles. The minimum absolute atomic E-state index is 0.437. The van der Waals surface area contributed by atoms with E-state index in [4.69, 9.17) is 5.73 Å². The molecule has 0 saturated carbocycles. The summed E-state index contributed by atoms with van der Waals surface area (Å²) in [5.74, 6) is -3.24. The van der Waals surface area contributed by atoms with Gasteiger partial charge >= 0.3 is 6.18 Å². The quantitative estimate of drug-likeness (QED) is 0.816. The van der Waals surface area contributed by atoms with Crippen LogP contribution in [0.1, 0.15) is 11.6 Å². The van der Waals surface area contributed by atoms with Gasteiger partial charge in [-0.3, -0.25) is 10.1 Å². The highest BCUT2D eigenvalue weighted by atomic mass is 19.4. The summed E-state index contributed by atoms with van der Waals surface area (Å²) >= 11 is 0. The van der Waals surface area contributed by atoms with Crippen LogP contribution < -0.4 is 11.1 Å². The molecule has 0 saturated heterocycles. The summed E-state index contributed by atoms with van der Waals surface area (Å²) in [6, 6.07) is 0.473. The SMILES string of the molecule is NC(=O)C(NCC(F)(F)F)c1ccc(F)cc1F. The first kappa shape index (κ1) is 14.4. The maximum atomic E-state index is 13.3. The van der Waals surface area contributed by atoms with Crippen molar-refractivity contribution < 1.29 is 26.7 Å². The standard InChI is InChI=1S/C10H9F5N2O/c11-5-1-2-6(7(12)3-5)8(9(16)18)17-4-10(13,14)15/h1-3,8,17H,4H2,(H2,16,18). The highest BCUT2D eigenvalue weighted by Crippen LogP contribution is 2.20. The lowest BCUT2D eigenvalue weighted by atomic mass is 10.1. The molecule has 0 radical (unpaired) electrons. The number of primary amides is 1. The molecule has 3 nitrogen and oxygen atoms in total. The van der Waals surface area contributed by atoms with Gasteiger partial charge in [-0.15, -0.1) is 0 Å². The number of rotatable bonds is 4. The van der Waals surface area contributed by atoms with Crippen molar-refractivity contribution in [1.29, 1.82) is 0 Å². The Hall–Kier alpha value is -1.70. The number of nitrogens with one attached hydrogen (secondary N) is 1. The van der Waals surface area contributed by atoms with Gasteiger partial charge in [-0.05, 0) is 6.07 Å². The van der Waals surface area contributed by atoms with Crippen LogP contribution in [-0.2, 0) is 4.79 Å². The van der Waals surface area contributed by atoms with E-state index in [2.05, 4.69) is 0 Å². The zero-order chi connectivity index (χ0) is 13.9. The van der Waals surface area contributed by atoms with Gasteiger partial charge in [0, 0.05) is 11.6 Å². The van der Waals surface area contributed by atoms with E-state index < -0.39 is 41.9 Å². The van der Waals surface area contributed by atoms with Crippen molar-refractivity contribution in [2.24, 2.45) is 5.73 Å². The van der Waals surface area contributed by atoms with Gasteiger partial charge in [-0.1, -0.05) is 6.07 Å². The summed E-state index contributed by atoms with van der Waals surface area (Å²) in [6.45, 7) is -1.52. The number of alkyl halides is 3. The van der Waals surface area contributed by atoms with E-state index in [1.165, 1.54) is 0 Å². The first-order chi connectivity index (χ1) is 8.20. The van der Waals surface area contributed by atoms with Gasteiger partial charge in [0.1, 0.15) is 17.7 Å². The van der Waals surface area contributed by atoms with Crippen LogP contribution in [0.2, 0.25) is 0 Å².